The van der Waals surface area contributed by atoms with Crippen molar-refractivity contribution < 1.29 is 14.3 Å². The van der Waals surface area contributed by atoms with Crippen molar-refractivity contribution in [1.82, 2.24) is 5.32 Å². The lowest BCUT2D eigenvalue weighted by Gasteiger charge is -2.38. The summed E-state index contributed by atoms with van der Waals surface area (Å²) in [6.07, 6.45) is 3.55. The van der Waals surface area contributed by atoms with E-state index in [0.717, 1.165) is 11.6 Å². The van der Waals surface area contributed by atoms with Crippen LogP contribution < -0.4 is 16.8 Å². The van der Waals surface area contributed by atoms with E-state index >= 15 is 0 Å². The molecule has 1 unspecified atom stereocenters. The van der Waals surface area contributed by atoms with E-state index in [4.69, 9.17) is 11.5 Å². The summed E-state index contributed by atoms with van der Waals surface area (Å²) in [7, 11) is 0. The van der Waals surface area contributed by atoms with Gasteiger partial charge in [-0.2, -0.15) is 5.26 Å². The maximum Gasteiger partial charge on any atom is 0.186 e. The molecule has 2 aliphatic carbocycles. The van der Waals surface area contributed by atoms with Gasteiger partial charge in [0.1, 0.15) is 23.3 Å². The number of hydrogen-bond acceptors (Lipinski definition) is 6. The van der Waals surface area contributed by atoms with Crippen LogP contribution in [0.3, 0.4) is 0 Å². The highest BCUT2D eigenvalue weighted by atomic mass is 19.1. The first-order chi connectivity index (χ1) is 15.2. The number of carbonyl (C=O) groups is 1. The van der Waals surface area contributed by atoms with Crippen LogP contribution >= 0.6 is 0 Å². The van der Waals surface area contributed by atoms with Crippen molar-refractivity contribution in [2.75, 3.05) is 0 Å². The van der Waals surface area contributed by atoms with Crippen molar-refractivity contribution in [3.63, 3.8) is 0 Å². The van der Waals surface area contributed by atoms with Gasteiger partial charge in [-0.15, -0.1) is 0 Å². The summed E-state index contributed by atoms with van der Waals surface area (Å²) in [6.45, 7) is 1.70. The van der Waals surface area contributed by atoms with Crippen molar-refractivity contribution in [1.29, 1.82) is 5.26 Å². The first-order valence-electron chi connectivity index (χ1n) is 10.3. The number of halogens is 1. The van der Waals surface area contributed by atoms with Crippen LogP contribution in [-0.2, 0) is 4.79 Å². The Balaban J connectivity index is 1.63. The normalized spacial score (nSPS) is 28.4. The van der Waals surface area contributed by atoms with Gasteiger partial charge >= 0.3 is 0 Å². The molecule has 3 aliphatic rings. The second-order valence-electron chi connectivity index (χ2n) is 8.59. The highest BCUT2D eigenvalue weighted by molar-refractivity contribution is 6.11. The van der Waals surface area contributed by atoms with Gasteiger partial charge in [0, 0.05) is 29.3 Å². The zero-order valence-corrected chi connectivity index (χ0v) is 17.6. The molecule has 1 heterocycles. The topological polar surface area (TPSA) is 138 Å². The average molecular weight is 433 g/mol. The molecule has 1 aromatic rings. The second-order valence-corrected chi connectivity index (χ2v) is 8.59. The molecule has 8 heteroatoms. The fourth-order valence-electron chi connectivity index (χ4n) is 4.29. The smallest absolute Gasteiger partial charge is 0.186 e. The number of amidine groups is 1. The lowest BCUT2D eigenvalue weighted by molar-refractivity contribution is -0.111. The summed E-state index contributed by atoms with van der Waals surface area (Å²) in [4.78, 5) is 16.9. The van der Waals surface area contributed by atoms with E-state index in [0.29, 0.717) is 24.1 Å². The second kappa shape index (κ2) is 8.09. The number of aliphatic imine (C=N–C) groups is 1. The van der Waals surface area contributed by atoms with Crippen LogP contribution in [-0.4, -0.2) is 34.4 Å². The number of nitrogens with one attached hydrogen (secondary N) is 1. The van der Waals surface area contributed by atoms with E-state index in [9.17, 15) is 19.6 Å². The van der Waals surface area contributed by atoms with E-state index in [1.54, 1.807) is 6.92 Å². The number of benzene rings is 1. The minimum atomic E-state index is -0.793. The Bertz CT molecular complexity index is 1160. The molecule has 0 radical (unpaired) electrons. The number of fused-ring (bicyclic) bond motifs is 1. The third-order valence-electron chi connectivity index (χ3n) is 5.96. The van der Waals surface area contributed by atoms with Gasteiger partial charge in [-0.1, -0.05) is 30.3 Å². The quantitative estimate of drug-likeness (QED) is 0.326. The number of nitrogens with two attached hydrogens (primary N) is 2. The number of carbonyl (C=O) groups excluding carboxylic acids is 1. The van der Waals surface area contributed by atoms with Gasteiger partial charge in [0.25, 0.3) is 0 Å². The van der Waals surface area contributed by atoms with Crippen LogP contribution in [0.4, 0.5) is 4.39 Å². The monoisotopic (exact) mass is 433 g/mol. The maximum absolute atomic E-state index is 14.9. The van der Waals surface area contributed by atoms with E-state index in [2.05, 4.69) is 10.3 Å². The highest BCUT2D eigenvalue weighted by Gasteiger charge is 2.39. The number of nitrogens with zero attached hydrogens (tertiary/aromatic N) is 2. The first kappa shape index (κ1) is 21.5. The van der Waals surface area contributed by atoms with Gasteiger partial charge in [-0.3, -0.25) is 9.79 Å². The van der Waals surface area contributed by atoms with Crippen LogP contribution in [0.2, 0.25) is 0 Å². The van der Waals surface area contributed by atoms with Crippen molar-refractivity contribution in [3.05, 3.63) is 76.3 Å². The van der Waals surface area contributed by atoms with Crippen molar-refractivity contribution in [2.24, 2.45) is 16.5 Å². The average Bonchev–Trinajstić information content (AvgIpc) is 2.73. The molecule has 1 aromatic carbocycles. The molecule has 6 N–H and O–H groups in total. The maximum atomic E-state index is 14.9. The number of ketones is 1. The molecule has 0 bridgehead atoms. The molecular formula is C24H24FN5O2. The van der Waals surface area contributed by atoms with Gasteiger partial charge < -0.3 is 21.9 Å². The van der Waals surface area contributed by atoms with Crippen LogP contribution in [0.25, 0.3) is 5.70 Å². The van der Waals surface area contributed by atoms with Crippen LogP contribution in [0.15, 0.2) is 75.7 Å². The molecule has 1 aliphatic heterocycles. The largest absolute Gasteiger partial charge is 0.397 e. The van der Waals surface area contributed by atoms with Crippen molar-refractivity contribution in [2.45, 2.75) is 43.9 Å². The summed E-state index contributed by atoms with van der Waals surface area (Å²) < 4.78 is 14.9. The third kappa shape index (κ3) is 4.07. The summed E-state index contributed by atoms with van der Waals surface area (Å²) in [5, 5.41) is 22.8. The predicted molar refractivity (Wildman–Crippen MR) is 119 cm³/mol. The lowest BCUT2D eigenvalue weighted by atomic mass is 9.77. The lowest BCUT2D eigenvalue weighted by Crippen LogP contribution is -2.44. The summed E-state index contributed by atoms with van der Waals surface area (Å²) in [5.74, 6) is -1.03. The van der Waals surface area contributed by atoms with Gasteiger partial charge in [-0.25, -0.2) is 4.39 Å². The SMILES string of the molecule is CC1(O)CC(N=C(N)/C(C#N)=C(\N)C2=C(F)C=C3C(=O)C=C(c4ccccc4)NC3C2)C1. The van der Waals surface area contributed by atoms with E-state index < -0.39 is 17.5 Å². The summed E-state index contributed by atoms with van der Waals surface area (Å²) in [5.41, 5.74) is 13.1. The summed E-state index contributed by atoms with van der Waals surface area (Å²) >= 11 is 0. The number of rotatable bonds is 4. The van der Waals surface area contributed by atoms with Crippen LogP contribution in [0.5, 0.6) is 0 Å². The molecule has 4 rings (SSSR count). The Labute approximate surface area is 185 Å². The fraction of sp³-hybridized carbons (Fsp3) is 0.292. The Morgan fingerprint density at radius 1 is 1.28 bits per heavy atom. The third-order valence-corrected chi connectivity index (χ3v) is 5.96. The highest BCUT2D eigenvalue weighted by Crippen LogP contribution is 2.35. The zero-order chi connectivity index (χ0) is 23.0. The number of allylic oxidation sites excluding steroid dienone is 4. The number of nitriles is 1. The molecule has 164 valence electrons. The molecule has 1 atom stereocenters. The van der Waals surface area contributed by atoms with E-state index in [1.165, 1.54) is 6.08 Å². The summed E-state index contributed by atoms with van der Waals surface area (Å²) in [6, 6.07) is 10.6. The minimum absolute atomic E-state index is 0.0794. The first-order valence-corrected chi connectivity index (χ1v) is 10.3. The molecule has 7 nitrogen and oxygen atoms in total. The van der Waals surface area contributed by atoms with Gasteiger partial charge in [0.2, 0.25) is 0 Å². The fourth-order valence-corrected chi connectivity index (χ4v) is 4.29. The zero-order valence-electron chi connectivity index (χ0n) is 17.6. The Hall–Kier alpha value is -3.70. The van der Waals surface area contributed by atoms with Gasteiger partial charge in [0.05, 0.1) is 23.4 Å². The molecule has 32 heavy (non-hydrogen) atoms. The van der Waals surface area contributed by atoms with Crippen molar-refractivity contribution in [3.8, 4) is 6.07 Å². The molecule has 0 aromatic heterocycles. The Morgan fingerprint density at radius 2 is 1.97 bits per heavy atom. The standard InChI is InChI=1S/C24H24FN5O2/c1-24(32)10-14(11-24)29-23(28)17(12-26)22(27)15-8-20-16(7-18(15)25)21(31)9-19(30-20)13-5-3-2-4-6-13/h2-7,9,14,20,30,32H,8,10-11,27H2,1H3,(H2,28,29)/b22-17-. The molecular weight excluding hydrogens is 409 g/mol. The van der Waals surface area contributed by atoms with Crippen molar-refractivity contribution >= 4 is 17.3 Å². The molecule has 1 fully saturated rings. The van der Waals surface area contributed by atoms with Crippen LogP contribution in [0, 0.1) is 11.3 Å². The van der Waals surface area contributed by atoms with Crippen LogP contribution in [0.1, 0.15) is 31.7 Å². The Morgan fingerprint density at radius 3 is 2.59 bits per heavy atom. The molecule has 0 spiro atoms. The Kier molecular flexibility index (Phi) is 5.45. The number of hydrogen-bond donors (Lipinski definition) is 4. The number of aliphatic hydroxyl groups is 1. The minimum Gasteiger partial charge on any atom is -0.397 e. The van der Waals surface area contributed by atoms with E-state index in [-0.39, 0.29) is 40.9 Å². The molecule has 0 amide bonds. The molecule has 1 saturated carbocycles. The van der Waals surface area contributed by atoms with Gasteiger partial charge in [-0.05, 0) is 31.4 Å². The molecule has 0 saturated heterocycles. The van der Waals surface area contributed by atoms with E-state index in [1.807, 2.05) is 36.4 Å². The van der Waals surface area contributed by atoms with Gasteiger partial charge in [0.15, 0.2) is 5.78 Å². The predicted octanol–water partition coefficient (Wildman–Crippen LogP) is 2.13.